The molecule has 42 heavy (non-hydrogen) atoms. The summed E-state index contributed by atoms with van der Waals surface area (Å²) in [6, 6.07) is 20.0. The van der Waals surface area contributed by atoms with Crippen molar-refractivity contribution in [2.75, 3.05) is 17.7 Å². The number of amides is 3. The third-order valence-electron chi connectivity index (χ3n) is 7.16. The van der Waals surface area contributed by atoms with Gasteiger partial charge in [-0.25, -0.2) is 9.78 Å². The van der Waals surface area contributed by atoms with Crippen LogP contribution in [0.3, 0.4) is 0 Å². The summed E-state index contributed by atoms with van der Waals surface area (Å²) < 4.78 is 5.69. The molecule has 3 heterocycles. The fourth-order valence-electron chi connectivity index (χ4n) is 4.66. The first-order valence-corrected chi connectivity index (χ1v) is 15.6. The Morgan fingerprint density at radius 3 is 2.48 bits per heavy atom. The zero-order valence-electron chi connectivity index (χ0n) is 22.9. The van der Waals surface area contributed by atoms with E-state index in [9.17, 15) is 14.4 Å². The summed E-state index contributed by atoms with van der Waals surface area (Å²) in [5.74, 6) is 0.0996. The molecule has 1 saturated heterocycles. The van der Waals surface area contributed by atoms with Crippen molar-refractivity contribution in [2.45, 2.75) is 36.9 Å². The highest BCUT2D eigenvalue weighted by atomic mass is 32.2. The van der Waals surface area contributed by atoms with Gasteiger partial charge in [0.1, 0.15) is 18.0 Å². The summed E-state index contributed by atoms with van der Waals surface area (Å²) in [6.07, 6.45) is 4.87. The number of nitrogens with one attached hydrogen (secondary N) is 1. The van der Waals surface area contributed by atoms with Crippen LogP contribution in [0.5, 0.6) is 0 Å². The molecule has 4 aromatic rings. The first-order valence-electron chi connectivity index (χ1n) is 13.6. The second-order valence-corrected chi connectivity index (χ2v) is 12.1. The van der Waals surface area contributed by atoms with Gasteiger partial charge < -0.3 is 10.1 Å². The number of aromatic nitrogens is 2. The number of anilines is 1. The average Bonchev–Trinajstić information content (AvgIpc) is 3.52. The van der Waals surface area contributed by atoms with E-state index in [2.05, 4.69) is 10.3 Å². The maximum atomic E-state index is 13.8. The molecule has 0 radical (unpaired) electrons. The number of carbonyl (C=O) groups is 3. The van der Waals surface area contributed by atoms with Crippen LogP contribution >= 0.6 is 23.1 Å². The molecule has 2 aliphatic rings. The van der Waals surface area contributed by atoms with E-state index in [4.69, 9.17) is 9.72 Å². The number of ether oxygens (including phenoxy) is 1. The smallest absolute Gasteiger partial charge is 0.412 e. The third kappa shape index (κ3) is 6.17. The SMILES string of the molecule is CN(C(=O)[C@@H]1CSC(c2ccncc2)N1C(=O)OCc1ccccc1)c1nc(-c2ccc(C(=O)NC3CC3)cc2)cs1. The predicted octanol–water partition coefficient (Wildman–Crippen LogP) is 5.51. The maximum absolute atomic E-state index is 13.8. The lowest BCUT2D eigenvalue weighted by molar-refractivity contribution is -0.122. The van der Waals surface area contributed by atoms with Gasteiger partial charge >= 0.3 is 6.09 Å². The van der Waals surface area contributed by atoms with Crippen LogP contribution < -0.4 is 10.2 Å². The molecule has 1 aliphatic carbocycles. The molecule has 3 amide bonds. The van der Waals surface area contributed by atoms with Crippen LogP contribution in [-0.4, -0.2) is 57.7 Å². The van der Waals surface area contributed by atoms with E-state index in [1.807, 2.05) is 60.0 Å². The van der Waals surface area contributed by atoms with Gasteiger partial charge in [0.25, 0.3) is 11.8 Å². The number of hydrogen-bond acceptors (Lipinski definition) is 8. The molecule has 11 heteroatoms. The van der Waals surface area contributed by atoms with Gasteiger partial charge in [0.05, 0.1) is 5.69 Å². The Morgan fingerprint density at radius 1 is 1.02 bits per heavy atom. The summed E-state index contributed by atoms with van der Waals surface area (Å²) in [5.41, 5.74) is 3.90. The Hall–Kier alpha value is -4.22. The second kappa shape index (κ2) is 12.3. The molecule has 1 unspecified atom stereocenters. The van der Waals surface area contributed by atoms with Crippen LogP contribution in [0, 0.1) is 0 Å². The molecule has 1 aliphatic heterocycles. The highest BCUT2D eigenvalue weighted by Crippen LogP contribution is 2.42. The number of rotatable bonds is 8. The molecule has 0 spiro atoms. The number of hydrogen-bond donors (Lipinski definition) is 1. The van der Waals surface area contributed by atoms with Crippen molar-refractivity contribution in [2.24, 2.45) is 0 Å². The molecule has 2 fully saturated rings. The number of carbonyl (C=O) groups excluding carboxylic acids is 3. The molecule has 0 bridgehead atoms. The van der Waals surface area contributed by atoms with E-state index in [0.717, 1.165) is 29.5 Å². The molecule has 1 saturated carbocycles. The van der Waals surface area contributed by atoms with Gasteiger partial charge in [0, 0.05) is 47.7 Å². The zero-order chi connectivity index (χ0) is 29.1. The highest BCUT2D eigenvalue weighted by molar-refractivity contribution is 7.99. The van der Waals surface area contributed by atoms with E-state index in [1.165, 1.54) is 32.9 Å². The Kier molecular flexibility index (Phi) is 8.20. The minimum Gasteiger partial charge on any atom is -0.444 e. The molecule has 2 aromatic carbocycles. The number of pyridine rings is 1. The normalized spacial score (nSPS) is 18.0. The molecular weight excluding hydrogens is 571 g/mol. The lowest BCUT2D eigenvalue weighted by Gasteiger charge is -2.29. The van der Waals surface area contributed by atoms with Crippen LogP contribution in [0.15, 0.2) is 84.5 Å². The maximum Gasteiger partial charge on any atom is 0.412 e. The fraction of sp³-hybridized carbons (Fsp3) is 0.258. The van der Waals surface area contributed by atoms with E-state index >= 15 is 0 Å². The number of benzene rings is 2. The molecule has 9 nitrogen and oxygen atoms in total. The quantitative estimate of drug-likeness (QED) is 0.285. The van der Waals surface area contributed by atoms with Crippen LogP contribution in [0.4, 0.5) is 9.93 Å². The highest BCUT2D eigenvalue weighted by Gasteiger charge is 2.45. The van der Waals surface area contributed by atoms with Crippen molar-refractivity contribution in [3.05, 3.63) is 101 Å². The van der Waals surface area contributed by atoms with Gasteiger partial charge in [-0.2, -0.15) is 0 Å². The Bertz CT molecular complexity index is 1560. The summed E-state index contributed by atoms with van der Waals surface area (Å²) in [5, 5.41) is 5.00. The topological polar surface area (TPSA) is 105 Å². The molecule has 2 aromatic heterocycles. The number of thioether (sulfide) groups is 1. The molecular formula is C31H29N5O4S2. The van der Waals surface area contributed by atoms with Crippen LogP contribution in [0.25, 0.3) is 11.3 Å². The molecule has 214 valence electrons. The standard InChI is InChI=1S/C31H29N5O4S2/c1-35(30-34-25(18-42-30)21-7-9-22(10-8-21)27(37)33-24-11-12-24)28(38)26-19-41-29(23-13-15-32-16-14-23)36(26)31(39)40-17-20-5-3-2-4-6-20/h2-10,13-16,18,24,26,29H,11-12,17,19H2,1H3,(H,33,37)/t26-,29?/m0/s1. The van der Waals surface area contributed by atoms with E-state index in [-0.39, 0.29) is 23.8 Å². The van der Waals surface area contributed by atoms with Gasteiger partial charge in [-0.15, -0.1) is 23.1 Å². The third-order valence-corrected chi connectivity index (χ3v) is 9.40. The van der Waals surface area contributed by atoms with Gasteiger partial charge in [-0.1, -0.05) is 42.5 Å². The Morgan fingerprint density at radius 2 is 1.76 bits per heavy atom. The number of likely N-dealkylation sites (N-methyl/N-ethyl adjacent to an activating group) is 1. The van der Waals surface area contributed by atoms with Gasteiger partial charge in [-0.3, -0.25) is 24.4 Å². The van der Waals surface area contributed by atoms with Crippen molar-refractivity contribution < 1.29 is 19.1 Å². The molecule has 2 atom stereocenters. The Labute approximate surface area is 251 Å². The molecule has 6 rings (SSSR count). The lowest BCUT2D eigenvalue weighted by atomic mass is 10.1. The summed E-state index contributed by atoms with van der Waals surface area (Å²) in [4.78, 5) is 51.5. The summed E-state index contributed by atoms with van der Waals surface area (Å²) in [6.45, 7) is 0.109. The minimum absolute atomic E-state index is 0.0697. The van der Waals surface area contributed by atoms with Crippen LogP contribution in [-0.2, 0) is 16.1 Å². The van der Waals surface area contributed by atoms with E-state index < -0.39 is 12.1 Å². The minimum atomic E-state index is -0.738. The molecule has 1 N–H and O–H groups in total. The monoisotopic (exact) mass is 599 g/mol. The summed E-state index contributed by atoms with van der Waals surface area (Å²) >= 11 is 2.86. The van der Waals surface area contributed by atoms with Crippen molar-refractivity contribution in [3.63, 3.8) is 0 Å². The van der Waals surface area contributed by atoms with E-state index in [1.54, 1.807) is 31.6 Å². The van der Waals surface area contributed by atoms with Crippen molar-refractivity contribution in [1.82, 2.24) is 20.2 Å². The zero-order valence-corrected chi connectivity index (χ0v) is 24.5. The predicted molar refractivity (Wildman–Crippen MR) is 163 cm³/mol. The van der Waals surface area contributed by atoms with Gasteiger partial charge in [0.2, 0.25) is 0 Å². The fourth-order valence-corrected chi connectivity index (χ4v) is 6.87. The first-order chi connectivity index (χ1) is 20.5. The summed E-state index contributed by atoms with van der Waals surface area (Å²) in [7, 11) is 1.67. The number of nitrogens with zero attached hydrogens (tertiary/aromatic N) is 4. The second-order valence-electron chi connectivity index (χ2n) is 10.2. The first kappa shape index (κ1) is 27.9. The number of thiazole rings is 1. The van der Waals surface area contributed by atoms with Crippen molar-refractivity contribution in [3.8, 4) is 11.3 Å². The van der Waals surface area contributed by atoms with Crippen LogP contribution in [0.1, 0.15) is 39.7 Å². The average molecular weight is 600 g/mol. The van der Waals surface area contributed by atoms with Crippen LogP contribution in [0.2, 0.25) is 0 Å². The Balaban J connectivity index is 1.18. The van der Waals surface area contributed by atoms with Crippen molar-refractivity contribution >= 4 is 46.1 Å². The lowest BCUT2D eigenvalue weighted by Crippen LogP contribution is -2.48. The van der Waals surface area contributed by atoms with Crippen molar-refractivity contribution in [1.29, 1.82) is 0 Å². The largest absolute Gasteiger partial charge is 0.444 e. The van der Waals surface area contributed by atoms with E-state index in [0.29, 0.717) is 28.2 Å². The van der Waals surface area contributed by atoms with Gasteiger partial charge in [0.15, 0.2) is 5.13 Å². The van der Waals surface area contributed by atoms with Gasteiger partial charge in [-0.05, 0) is 48.2 Å².